The van der Waals surface area contributed by atoms with Gasteiger partial charge >= 0.3 is 0 Å². The molecular formula is C22H35IN6. The number of nitrogens with one attached hydrogen (secondary N) is 2. The largest absolute Gasteiger partial charge is 0.367 e. The Morgan fingerprint density at radius 3 is 2.66 bits per heavy atom. The van der Waals surface area contributed by atoms with Gasteiger partial charge in [0.25, 0.3) is 0 Å². The van der Waals surface area contributed by atoms with E-state index >= 15 is 0 Å². The third-order valence-corrected chi connectivity index (χ3v) is 5.11. The average Bonchev–Trinajstić information content (AvgIpc) is 3.08. The lowest BCUT2D eigenvalue weighted by Crippen LogP contribution is -2.51. The number of piperidine rings is 1. The summed E-state index contributed by atoms with van der Waals surface area (Å²) < 4.78 is 1.87. The van der Waals surface area contributed by atoms with Gasteiger partial charge in [-0.05, 0) is 45.6 Å². The lowest BCUT2D eigenvalue weighted by molar-refractivity contribution is 0.468. The van der Waals surface area contributed by atoms with Gasteiger partial charge < -0.3 is 15.5 Å². The summed E-state index contributed by atoms with van der Waals surface area (Å²) in [5.74, 6) is 0.921. The second kappa shape index (κ2) is 11.4. The Balaban J connectivity index is 0.00000300. The summed E-state index contributed by atoms with van der Waals surface area (Å²) in [5, 5.41) is 11.4. The number of anilines is 1. The van der Waals surface area contributed by atoms with E-state index in [0.29, 0.717) is 6.04 Å². The Morgan fingerprint density at radius 1 is 1.24 bits per heavy atom. The first-order valence-corrected chi connectivity index (χ1v) is 10.4. The minimum atomic E-state index is 0. The minimum absolute atomic E-state index is 0. The van der Waals surface area contributed by atoms with Gasteiger partial charge in [-0.2, -0.15) is 5.10 Å². The molecule has 0 saturated carbocycles. The molecule has 2 aromatic rings. The molecule has 1 aliphatic heterocycles. The van der Waals surface area contributed by atoms with E-state index in [1.165, 1.54) is 28.8 Å². The molecule has 29 heavy (non-hydrogen) atoms. The maximum atomic E-state index is 4.82. The molecule has 1 aromatic heterocycles. The Kier molecular flexibility index (Phi) is 9.26. The zero-order valence-corrected chi connectivity index (χ0v) is 20.4. The molecule has 2 N–H and O–H groups in total. The number of hydrogen-bond acceptors (Lipinski definition) is 3. The highest BCUT2D eigenvalue weighted by atomic mass is 127. The number of aromatic nitrogens is 2. The van der Waals surface area contributed by atoms with Crippen molar-refractivity contribution in [3.63, 3.8) is 0 Å². The Hall–Kier alpha value is -1.77. The number of nitrogens with zero attached hydrogens (tertiary/aromatic N) is 4. The highest BCUT2D eigenvalue weighted by molar-refractivity contribution is 14.0. The summed E-state index contributed by atoms with van der Waals surface area (Å²) in [4.78, 5) is 7.23. The maximum absolute atomic E-state index is 4.82. The summed E-state index contributed by atoms with van der Waals surface area (Å²) in [6.45, 7) is 10.2. The van der Waals surface area contributed by atoms with Crippen LogP contribution >= 0.6 is 24.0 Å². The molecular weight excluding hydrogens is 475 g/mol. The fraction of sp³-hybridized carbons (Fsp3) is 0.545. The zero-order valence-electron chi connectivity index (χ0n) is 18.1. The second-order valence-electron chi connectivity index (χ2n) is 7.81. The van der Waals surface area contributed by atoms with Crippen molar-refractivity contribution < 1.29 is 0 Å². The molecule has 1 aliphatic rings. The number of halogens is 1. The van der Waals surface area contributed by atoms with Gasteiger partial charge in [0.2, 0.25) is 0 Å². The van der Waals surface area contributed by atoms with Crippen molar-refractivity contribution in [1.82, 2.24) is 20.4 Å². The first kappa shape index (κ1) is 23.5. The highest BCUT2D eigenvalue weighted by Gasteiger charge is 2.21. The topological polar surface area (TPSA) is 57.5 Å². The summed E-state index contributed by atoms with van der Waals surface area (Å²) in [6.07, 6.45) is 7.34. The fourth-order valence-electron chi connectivity index (χ4n) is 3.92. The zero-order chi connectivity index (χ0) is 19.9. The Morgan fingerprint density at radius 2 is 2.00 bits per heavy atom. The number of hydrogen-bond donors (Lipinski definition) is 2. The normalized spacial score (nSPS) is 17.0. The first-order valence-electron chi connectivity index (χ1n) is 10.4. The van der Waals surface area contributed by atoms with Crippen LogP contribution in [0.15, 0.2) is 35.6 Å². The first-order chi connectivity index (χ1) is 13.5. The van der Waals surface area contributed by atoms with Gasteiger partial charge in [0.1, 0.15) is 0 Å². The molecule has 6 nitrogen and oxygen atoms in total. The van der Waals surface area contributed by atoms with E-state index in [9.17, 15) is 0 Å². The van der Waals surface area contributed by atoms with Crippen LogP contribution in [0, 0.1) is 13.8 Å². The molecule has 0 spiro atoms. The number of aliphatic imine (C=N–C) groups is 1. The van der Waals surface area contributed by atoms with E-state index in [1.54, 1.807) is 0 Å². The third-order valence-electron chi connectivity index (χ3n) is 5.11. The monoisotopic (exact) mass is 510 g/mol. The van der Waals surface area contributed by atoms with E-state index in [4.69, 9.17) is 4.99 Å². The van der Waals surface area contributed by atoms with Gasteiger partial charge in [-0.25, -0.2) is 0 Å². The molecule has 1 fully saturated rings. The summed E-state index contributed by atoms with van der Waals surface area (Å²) in [5.41, 5.74) is 5.20. The Labute approximate surface area is 192 Å². The van der Waals surface area contributed by atoms with Crippen LogP contribution in [0.5, 0.6) is 0 Å². The molecule has 160 valence electrons. The van der Waals surface area contributed by atoms with Crippen molar-refractivity contribution in [2.24, 2.45) is 12.0 Å². The molecule has 1 aromatic carbocycles. The molecule has 0 bridgehead atoms. The third kappa shape index (κ3) is 7.21. The number of rotatable bonds is 6. The van der Waals surface area contributed by atoms with E-state index < -0.39 is 0 Å². The summed E-state index contributed by atoms with van der Waals surface area (Å²) in [7, 11) is 1.97. The van der Waals surface area contributed by atoms with Crippen LogP contribution in [-0.2, 0) is 13.5 Å². The molecule has 0 aliphatic carbocycles. The quantitative estimate of drug-likeness (QED) is 0.355. The van der Waals surface area contributed by atoms with Crippen LogP contribution in [0.3, 0.4) is 0 Å². The van der Waals surface area contributed by atoms with Gasteiger partial charge in [-0.1, -0.05) is 29.3 Å². The smallest absolute Gasteiger partial charge is 0.191 e. The fourth-order valence-corrected chi connectivity index (χ4v) is 3.92. The van der Waals surface area contributed by atoms with Crippen molar-refractivity contribution >= 4 is 35.6 Å². The number of benzene rings is 1. The predicted molar refractivity (Wildman–Crippen MR) is 133 cm³/mol. The van der Waals surface area contributed by atoms with Crippen LogP contribution < -0.4 is 15.5 Å². The van der Waals surface area contributed by atoms with Gasteiger partial charge in [0.05, 0.1) is 11.9 Å². The van der Waals surface area contributed by atoms with Crippen LogP contribution in [0.1, 0.15) is 36.5 Å². The van der Waals surface area contributed by atoms with Gasteiger partial charge in [0.15, 0.2) is 5.96 Å². The van der Waals surface area contributed by atoms with Crippen LogP contribution in [0.4, 0.5) is 5.69 Å². The lowest BCUT2D eigenvalue weighted by atomic mass is 10.1. The van der Waals surface area contributed by atoms with Crippen LogP contribution in [0.25, 0.3) is 0 Å². The molecule has 2 heterocycles. The van der Waals surface area contributed by atoms with Crippen molar-refractivity contribution in [3.05, 3.63) is 47.3 Å². The standard InChI is InChI=1S/C22H34N6.HI/c1-5-23-22(24-9-8-19-12-17(2)11-18(3)13-19)26-20-7-6-10-28(15-20)21-14-25-27(4)16-21;/h11-14,16,20H,5-10,15H2,1-4H3,(H2,23,24,26);1H. The predicted octanol–water partition coefficient (Wildman–Crippen LogP) is 3.42. The minimum Gasteiger partial charge on any atom is -0.367 e. The van der Waals surface area contributed by atoms with Crippen molar-refractivity contribution in [1.29, 1.82) is 0 Å². The van der Waals surface area contributed by atoms with Gasteiger partial charge in [-0.15, -0.1) is 24.0 Å². The van der Waals surface area contributed by atoms with Gasteiger partial charge in [0, 0.05) is 45.5 Å². The van der Waals surface area contributed by atoms with E-state index in [2.05, 4.69) is 65.8 Å². The number of guanidine groups is 1. The van der Waals surface area contributed by atoms with Crippen molar-refractivity contribution in [2.45, 2.75) is 46.1 Å². The highest BCUT2D eigenvalue weighted by Crippen LogP contribution is 2.19. The van der Waals surface area contributed by atoms with Crippen LogP contribution in [-0.4, -0.2) is 48.0 Å². The summed E-state index contributed by atoms with van der Waals surface area (Å²) >= 11 is 0. The van der Waals surface area contributed by atoms with E-state index in [1.807, 2.05) is 17.9 Å². The SMILES string of the molecule is CCNC(=NCCc1cc(C)cc(C)c1)NC1CCCN(c2cnn(C)c2)C1.I. The number of aryl methyl sites for hydroxylation is 3. The molecule has 0 radical (unpaired) electrons. The van der Waals surface area contributed by atoms with Crippen LogP contribution in [0.2, 0.25) is 0 Å². The molecule has 1 saturated heterocycles. The Bertz CT molecular complexity index is 780. The molecule has 3 rings (SSSR count). The van der Waals surface area contributed by atoms with Gasteiger partial charge in [-0.3, -0.25) is 9.67 Å². The second-order valence-corrected chi connectivity index (χ2v) is 7.81. The molecule has 1 unspecified atom stereocenters. The molecule has 0 amide bonds. The molecule has 7 heteroatoms. The van der Waals surface area contributed by atoms with Crippen molar-refractivity contribution in [2.75, 3.05) is 31.1 Å². The lowest BCUT2D eigenvalue weighted by Gasteiger charge is -2.34. The average molecular weight is 510 g/mol. The van der Waals surface area contributed by atoms with E-state index in [0.717, 1.165) is 45.0 Å². The molecule has 1 atom stereocenters. The van der Waals surface area contributed by atoms with Crippen molar-refractivity contribution in [3.8, 4) is 0 Å². The summed E-state index contributed by atoms with van der Waals surface area (Å²) in [6, 6.07) is 7.13. The maximum Gasteiger partial charge on any atom is 0.191 e. The van der Waals surface area contributed by atoms with E-state index in [-0.39, 0.29) is 24.0 Å².